The number of hydrogen-bond acceptors (Lipinski definition) is 1. The zero-order chi connectivity index (χ0) is 20.0. The molecule has 0 N–H and O–H groups in total. The van der Waals surface area contributed by atoms with Crippen molar-refractivity contribution >= 4 is 0 Å². The molecule has 1 aliphatic rings. The molecule has 2 unspecified atom stereocenters. The van der Waals surface area contributed by atoms with Crippen LogP contribution < -0.4 is 0 Å². The van der Waals surface area contributed by atoms with Gasteiger partial charge in [-0.25, -0.2) is 0 Å². The first-order chi connectivity index (χ1) is 13.5. The normalized spacial score (nSPS) is 19.6. The first-order valence-corrected chi connectivity index (χ1v) is 10.4. The van der Waals surface area contributed by atoms with Crippen LogP contribution in [0.5, 0.6) is 0 Å². The van der Waals surface area contributed by atoms with Crippen LogP contribution in [0.2, 0.25) is 0 Å². The van der Waals surface area contributed by atoms with Gasteiger partial charge in [-0.05, 0) is 67.8 Å². The van der Waals surface area contributed by atoms with Gasteiger partial charge in [0.1, 0.15) is 0 Å². The van der Waals surface area contributed by atoms with Gasteiger partial charge in [-0.15, -0.1) is 0 Å². The Kier molecular flexibility index (Phi) is 7.17. The number of halogens is 3. The molecule has 4 heteroatoms. The van der Waals surface area contributed by atoms with Gasteiger partial charge in [0, 0.05) is 6.54 Å². The maximum absolute atomic E-state index is 13.0. The predicted octanol–water partition coefficient (Wildman–Crippen LogP) is 6.59. The van der Waals surface area contributed by atoms with E-state index in [0.29, 0.717) is 6.42 Å². The number of aryl methyl sites for hydroxylation is 1. The average Bonchev–Trinajstić information content (AvgIpc) is 2.62. The molecule has 0 spiro atoms. The molecular formula is C24H30F3N. The Balaban J connectivity index is 1.49. The van der Waals surface area contributed by atoms with Gasteiger partial charge in [-0.2, -0.15) is 13.2 Å². The molecular weight excluding hydrogens is 359 g/mol. The van der Waals surface area contributed by atoms with Crippen LogP contribution in [0.15, 0.2) is 54.6 Å². The number of hydrogen-bond donors (Lipinski definition) is 0. The summed E-state index contributed by atoms with van der Waals surface area (Å²) in [4.78, 5) is 2.48. The molecule has 28 heavy (non-hydrogen) atoms. The lowest BCUT2D eigenvalue weighted by Crippen LogP contribution is -2.36. The molecule has 3 rings (SSSR count). The van der Waals surface area contributed by atoms with Crippen LogP contribution in [-0.2, 0) is 13.0 Å². The van der Waals surface area contributed by atoms with E-state index in [-0.39, 0.29) is 12.3 Å². The van der Waals surface area contributed by atoms with E-state index in [1.165, 1.54) is 11.1 Å². The molecule has 1 fully saturated rings. The van der Waals surface area contributed by atoms with E-state index in [2.05, 4.69) is 36.1 Å². The molecule has 1 saturated carbocycles. The molecule has 2 aromatic rings. The second-order valence-corrected chi connectivity index (χ2v) is 7.94. The van der Waals surface area contributed by atoms with Gasteiger partial charge in [0.15, 0.2) is 0 Å². The minimum atomic E-state index is -4.07. The molecule has 0 radical (unpaired) electrons. The van der Waals surface area contributed by atoms with Crippen molar-refractivity contribution in [3.8, 4) is 0 Å². The van der Waals surface area contributed by atoms with Crippen molar-refractivity contribution in [2.24, 2.45) is 5.92 Å². The van der Waals surface area contributed by atoms with Crippen LogP contribution in [0.1, 0.15) is 55.2 Å². The molecule has 1 aliphatic carbocycles. The fraction of sp³-hybridized carbons (Fsp3) is 0.500. The summed E-state index contributed by atoms with van der Waals surface area (Å²) in [5.74, 6) is -1.50. The lowest BCUT2D eigenvalue weighted by atomic mass is 9.69. The second kappa shape index (κ2) is 9.60. The van der Waals surface area contributed by atoms with Crippen LogP contribution in [0.4, 0.5) is 13.2 Å². The monoisotopic (exact) mass is 389 g/mol. The maximum atomic E-state index is 13.0. The van der Waals surface area contributed by atoms with Gasteiger partial charge in [0.2, 0.25) is 0 Å². The maximum Gasteiger partial charge on any atom is 0.392 e. The third-order valence-corrected chi connectivity index (χ3v) is 5.83. The molecule has 0 heterocycles. The molecule has 2 atom stereocenters. The topological polar surface area (TPSA) is 3.24 Å². The van der Waals surface area contributed by atoms with Gasteiger partial charge in [0.25, 0.3) is 0 Å². The fourth-order valence-corrected chi connectivity index (χ4v) is 4.16. The summed E-state index contributed by atoms with van der Waals surface area (Å²) in [7, 11) is 0. The quantitative estimate of drug-likeness (QED) is 0.468. The number of alkyl halides is 3. The first-order valence-electron chi connectivity index (χ1n) is 10.4. The summed E-state index contributed by atoms with van der Waals surface area (Å²) >= 11 is 0. The van der Waals surface area contributed by atoms with E-state index < -0.39 is 12.1 Å². The van der Waals surface area contributed by atoms with Crippen molar-refractivity contribution in [1.82, 2.24) is 4.90 Å². The van der Waals surface area contributed by atoms with E-state index in [1.807, 2.05) is 30.3 Å². The Labute approximate surface area is 166 Å². The molecule has 152 valence electrons. The highest BCUT2D eigenvalue weighted by molar-refractivity contribution is 5.28. The van der Waals surface area contributed by atoms with Gasteiger partial charge in [-0.1, -0.05) is 61.5 Å². The number of benzene rings is 2. The van der Waals surface area contributed by atoms with Crippen molar-refractivity contribution in [3.05, 3.63) is 71.3 Å². The third kappa shape index (κ3) is 5.60. The predicted molar refractivity (Wildman–Crippen MR) is 108 cm³/mol. The standard InChI is InChI=1S/C24H30F3N/c1-2-16-28(18-20-7-4-3-5-8-20)17-6-9-19-10-12-21(13-11-19)22-14-15-23(22)24(25,26)27/h3-5,7-8,10-13,22-23H,2,6,9,14-18H2,1H3. The van der Waals surface area contributed by atoms with Crippen molar-refractivity contribution in [3.63, 3.8) is 0 Å². The molecule has 1 nitrogen and oxygen atoms in total. The second-order valence-electron chi connectivity index (χ2n) is 7.94. The number of nitrogens with zero attached hydrogens (tertiary/aromatic N) is 1. The number of rotatable bonds is 9. The third-order valence-electron chi connectivity index (χ3n) is 5.83. The van der Waals surface area contributed by atoms with E-state index in [0.717, 1.165) is 44.5 Å². The summed E-state index contributed by atoms with van der Waals surface area (Å²) in [6.07, 6.45) is -0.00458. The molecule has 0 bridgehead atoms. The fourth-order valence-electron chi connectivity index (χ4n) is 4.16. The lowest BCUT2D eigenvalue weighted by Gasteiger charge is -2.38. The molecule has 0 amide bonds. The summed E-state index contributed by atoms with van der Waals surface area (Å²) in [6.45, 7) is 5.27. The van der Waals surface area contributed by atoms with Crippen molar-refractivity contribution in [2.75, 3.05) is 13.1 Å². The summed E-state index contributed by atoms with van der Waals surface area (Å²) < 4.78 is 38.9. The molecule has 0 saturated heterocycles. The Hall–Kier alpha value is -1.81. The smallest absolute Gasteiger partial charge is 0.299 e. The van der Waals surface area contributed by atoms with Crippen LogP contribution >= 0.6 is 0 Å². The van der Waals surface area contributed by atoms with Gasteiger partial charge in [-0.3, -0.25) is 4.90 Å². The van der Waals surface area contributed by atoms with Crippen molar-refractivity contribution in [2.45, 2.75) is 57.7 Å². The zero-order valence-corrected chi connectivity index (χ0v) is 16.6. The largest absolute Gasteiger partial charge is 0.392 e. The Morgan fingerprint density at radius 2 is 1.61 bits per heavy atom. The molecule has 0 aliphatic heterocycles. The summed E-state index contributed by atoms with van der Waals surface area (Å²) in [6, 6.07) is 18.4. The van der Waals surface area contributed by atoms with E-state index in [4.69, 9.17) is 0 Å². The first kappa shape index (κ1) is 20.9. The van der Waals surface area contributed by atoms with Crippen molar-refractivity contribution in [1.29, 1.82) is 0 Å². The zero-order valence-electron chi connectivity index (χ0n) is 16.6. The van der Waals surface area contributed by atoms with Crippen LogP contribution in [0.3, 0.4) is 0 Å². The SMILES string of the molecule is CCCN(CCCc1ccc(C2CCC2C(F)(F)F)cc1)Cc1ccccc1. The van der Waals surface area contributed by atoms with Crippen LogP contribution in [-0.4, -0.2) is 24.2 Å². The minimum absolute atomic E-state index is 0.268. The lowest BCUT2D eigenvalue weighted by molar-refractivity contribution is -0.200. The van der Waals surface area contributed by atoms with E-state index in [9.17, 15) is 13.2 Å². The average molecular weight is 390 g/mol. The van der Waals surface area contributed by atoms with Gasteiger partial charge < -0.3 is 0 Å². The van der Waals surface area contributed by atoms with Crippen molar-refractivity contribution < 1.29 is 13.2 Å². The Morgan fingerprint density at radius 1 is 0.893 bits per heavy atom. The summed E-state index contributed by atoms with van der Waals surface area (Å²) in [5.41, 5.74) is 3.39. The highest BCUT2D eigenvalue weighted by Gasteiger charge is 2.50. The van der Waals surface area contributed by atoms with Gasteiger partial charge in [0.05, 0.1) is 5.92 Å². The molecule has 2 aromatic carbocycles. The Bertz CT molecular complexity index is 709. The highest BCUT2D eigenvalue weighted by atomic mass is 19.4. The van der Waals surface area contributed by atoms with E-state index >= 15 is 0 Å². The Morgan fingerprint density at radius 3 is 2.18 bits per heavy atom. The van der Waals surface area contributed by atoms with Gasteiger partial charge >= 0.3 is 6.18 Å². The summed E-state index contributed by atoms with van der Waals surface area (Å²) in [5, 5.41) is 0. The van der Waals surface area contributed by atoms with Crippen LogP contribution in [0.25, 0.3) is 0 Å². The van der Waals surface area contributed by atoms with Crippen LogP contribution in [0, 0.1) is 5.92 Å². The van der Waals surface area contributed by atoms with E-state index in [1.54, 1.807) is 0 Å². The highest BCUT2D eigenvalue weighted by Crippen LogP contribution is 2.50. The molecule has 0 aromatic heterocycles. The minimum Gasteiger partial charge on any atom is -0.299 e.